The zero-order chi connectivity index (χ0) is 20.1. The summed E-state index contributed by atoms with van der Waals surface area (Å²) in [6.45, 7) is -0.383. The summed E-state index contributed by atoms with van der Waals surface area (Å²) >= 11 is 0. The van der Waals surface area contributed by atoms with Crippen LogP contribution in [0.15, 0.2) is 16.9 Å². The van der Waals surface area contributed by atoms with E-state index in [-0.39, 0.29) is 55.6 Å². The fourth-order valence-electron chi connectivity index (χ4n) is 4.02. The largest absolute Gasteiger partial charge is 0.423 e. The van der Waals surface area contributed by atoms with E-state index in [0.29, 0.717) is 10.9 Å². The number of nitrogens with zero attached hydrogens (tertiary/aromatic N) is 2. The minimum Gasteiger partial charge on any atom is -0.423 e. The van der Waals surface area contributed by atoms with Crippen LogP contribution in [-0.4, -0.2) is 41.4 Å². The summed E-state index contributed by atoms with van der Waals surface area (Å²) < 4.78 is 35.9. The van der Waals surface area contributed by atoms with Gasteiger partial charge in [-0.15, -0.1) is 0 Å². The number of aliphatic hydroxyl groups is 1. The van der Waals surface area contributed by atoms with E-state index in [2.05, 4.69) is 0 Å². The molecule has 0 radical (unpaired) electrons. The van der Waals surface area contributed by atoms with Crippen molar-refractivity contribution in [2.24, 2.45) is 5.73 Å². The third kappa shape index (κ3) is 2.94. The highest BCUT2D eigenvalue weighted by Gasteiger charge is 2.39. The Morgan fingerprint density at radius 2 is 2.14 bits per heavy atom. The molecule has 2 aromatic rings. The van der Waals surface area contributed by atoms with Gasteiger partial charge in [-0.3, -0.25) is 9.59 Å². The molecule has 1 aromatic heterocycles. The Morgan fingerprint density at radius 1 is 1.39 bits per heavy atom. The van der Waals surface area contributed by atoms with Gasteiger partial charge in [0, 0.05) is 36.5 Å². The Morgan fingerprint density at radius 3 is 2.71 bits per heavy atom. The number of fused-ring (bicyclic) bond motifs is 1. The van der Waals surface area contributed by atoms with Gasteiger partial charge >= 0.3 is 0 Å². The Kier molecular flexibility index (Phi) is 4.59. The summed E-state index contributed by atoms with van der Waals surface area (Å²) in [4.78, 5) is 25.1. The third-order valence-corrected chi connectivity index (χ3v) is 5.54. The average molecular weight is 393 g/mol. The number of ether oxygens (including phenoxy) is 1. The van der Waals surface area contributed by atoms with Crippen molar-refractivity contribution in [3.63, 3.8) is 0 Å². The number of aromatic nitrogens is 1. The minimum absolute atomic E-state index is 0.0841. The SMILES string of the molecule is NCC1(F)CCN(c2c(F)cc3cc(OC=O)c(=O)n(C4CC4)c3c2CO)C1. The first-order valence-electron chi connectivity index (χ1n) is 9.18. The zero-order valence-corrected chi connectivity index (χ0v) is 15.2. The monoisotopic (exact) mass is 393 g/mol. The van der Waals surface area contributed by atoms with E-state index < -0.39 is 23.7 Å². The van der Waals surface area contributed by atoms with Gasteiger partial charge in [-0.1, -0.05) is 0 Å². The molecule has 1 aliphatic heterocycles. The van der Waals surface area contributed by atoms with Crippen molar-refractivity contribution in [2.45, 2.75) is 37.6 Å². The van der Waals surface area contributed by atoms with Crippen molar-refractivity contribution >= 4 is 23.1 Å². The van der Waals surface area contributed by atoms with Crippen LogP contribution in [0.2, 0.25) is 0 Å². The van der Waals surface area contributed by atoms with E-state index in [4.69, 9.17) is 10.5 Å². The lowest BCUT2D eigenvalue weighted by Gasteiger charge is -2.26. The molecule has 1 aromatic carbocycles. The number of aliphatic hydroxyl groups excluding tert-OH is 1. The first kappa shape index (κ1) is 18.8. The van der Waals surface area contributed by atoms with Crippen LogP contribution in [0.3, 0.4) is 0 Å². The lowest BCUT2D eigenvalue weighted by atomic mass is 10.0. The molecule has 7 nitrogen and oxygen atoms in total. The van der Waals surface area contributed by atoms with E-state index in [9.17, 15) is 19.1 Å². The maximum atomic E-state index is 15.0. The van der Waals surface area contributed by atoms with Gasteiger partial charge in [-0.25, -0.2) is 8.78 Å². The van der Waals surface area contributed by atoms with Crippen LogP contribution in [0.1, 0.15) is 30.9 Å². The van der Waals surface area contributed by atoms with Crippen LogP contribution in [0.25, 0.3) is 10.9 Å². The maximum absolute atomic E-state index is 15.0. The third-order valence-electron chi connectivity index (χ3n) is 5.54. The van der Waals surface area contributed by atoms with Crippen molar-refractivity contribution in [3.05, 3.63) is 33.9 Å². The number of pyridine rings is 1. The number of anilines is 1. The standard InChI is InChI=1S/C19H21F2N3O4/c20-14-5-11-6-15(28-10-26)18(27)24(12-1-2-12)16(11)13(7-25)17(14)23-4-3-19(21,8-22)9-23/h5-6,10,12,25H,1-4,7-9,22H2. The first-order chi connectivity index (χ1) is 13.4. The molecule has 0 spiro atoms. The van der Waals surface area contributed by atoms with Gasteiger partial charge in [0.15, 0.2) is 5.75 Å². The lowest BCUT2D eigenvalue weighted by molar-refractivity contribution is -0.120. The van der Waals surface area contributed by atoms with E-state index in [1.54, 1.807) is 0 Å². The molecule has 1 saturated heterocycles. The fourth-order valence-corrected chi connectivity index (χ4v) is 4.02. The predicted molar refractivity (Wildman–Crippen MR) is 98.8 cm³/mol. The molecule has 3 N–H and O–H groups in total. The van der Waals surface area contributed by atoms with Gasteiger partial charge in [0.25, 0.3) is 12.0 Å². The molecule has 4 rings (SSSR count). The molecule has 2 heterocycles. The first-order valence-corrected chi connectivity index (χ1v) is 9.18. The smallest absolute Gasteiger partial charge is 0.298 e. The van der Waals surface area contributed by atoms with E-state index in [0.717, 1.165) is 12.8 Å². The lowest BCUT2D eigenvalue weighted by Crippen LogP contribution is -2.36. The molecular weight excluding hydrogens is 372 g/mol. The van der Waals surface area contributed by atoms with E-state index in [1.165, 1.54) is 21.6 Å². The molecule has 150 valence electrons. The Balaban J connectivity index is 1.97. The van der Waals surface area contributed by atoms with Crippen LogP contribution < -0.4 is 20.9 Å². The molecule has 28 heavy (non-hydrogen) atoms. The molecule has 0 amide bonds. The Hall–Kier alpha value is -2.52. The number of alkyl halides is 1. The number of carbonyl (C=O) groups is 1. The normalized spacial score (nSPS) is 22.1. The quantitative estimate of drug-likeness (QED) is 0.720. The minimum atomic E-state index is -1.62. The van der Waals surface area contributed by atoms with Gasteiger partial charge in [0.2, 0.25) is 0 Å². The molecule has 2 aliphatic rings. The number of rotatable bonds is 6. The molecule has 2 fully saturated rings. The average Bonchev–Trinajstić information content (AvgIpc) is 3.43. The van der Waals surface area contributed by atoms with Crippen LogP contribution in [0, 0.1) is 5.82 Å². The van der Waals surface area contributed by atoms with Crippen LogP contribution in [0.4, 0.5) is 14.5 Å². The molecule has 1 aliphatic carbocycles. The van der Waals surface area contributed by atoms with Crippen LogP contribution >= 0.6 is 0 Å². The van der Waals surface area contributed by atoms with Gasteiger partial charge in [0.05, 0.1) is 24.4 Å². The highest BCUT2D eigenvalue weighted by atomic mass is 19.1. The number of hydrogen-bond donors (Lipinski definition) is 2. The van der Waals surface area contributed by atoms with Crippen molar-refractivity contribution < 1.29 is 23.4 Å². The molecular formula is C19H21F2N3O4. The van der Waals surface area contributed by atoms with Gasteiger partial charge < -0.3 is 25.0 Å². The highest BCUT2D eigenvalue weighted by molar-refractivity contribution is 5.89. The summed E-state index contributed by atoms with van der Waals surface area (Å²) in [5.74, 6) is -0.839. The van der Waals surface area contributed by atoms with Crippen molar-refractivity contribution in [1.82, 2.24) is 4.57 Å². The second-order valence-corrected chi connectivity index (χ2v) is 7.44. The topological polar surface area (TPSA) is 97.8 Å². The second kappa shape index (κ2) is 6.82. The summed E-state index contributed by atoms with van der Waals surface area (Å²) in [5, 5.41) is 10.4. The second-order valence-electron chi connectivity index (χ2n) is 7.44. The zero-order valence-electron chi connectivity index (χ0n) is 15.2. The number of nitrogens with two attached hydrogens (primary N) is 1. The fraction of sp³-hybridized carbons (Fsp3) is 0.474. The molecule has 1 saturated carbocycles. The van der Waals surface area contributed by atoms with E-state index in [1.807, 2.05) is 0 Å². The van der Waals surface area contributed by atoms with Crippen LogP contribution in [0.5, 0.6) is 5.75 Å². The summed E-state index contributed by atoms with van der Waals surface area (Å²) in [6, 6.07) is 2.40. The van der Waals surface area contributed by atoms with Gasteiger partial charge in [-0.05, 0) is 25.0 Å². The number of benzene rings is 1. The van der Waals surface area contributed by atoms with Crippen molar-refractivity contribution in [2.75, 3.05) is 24.5 Å². The van der Waals surface area contributed by atoms with Crippen molar-refractivity contribution in [3.8, 4) is 5.75 Å². The summed E-state index contributed by atoms with van der Waals surface area (Å²) in [5.41, 5.74) is 4.06. The Bertz CT molecular complexity index is 1010. The Labute approximate surface area is 159 Å². The number of halogens is 2. The maximum Gasteiger partial charge on any atom is 0.298 e. The van der Waals surface area contributed by atoms with Gasteiger partial charge in [-0.2, -0.15) is 0 Å². The molecule has 1 atom stereocenters. The summed E-state index contributed by atoms with van der Waals surface area (Å²) in [7, 11) is 0. The van der Waals surface area contributed by atoms with Crippen molar-refractivity contribution in [1.29, 1.82) is 0 Å². The van der Waals surface area contributed by atoms with Gasteiger partial charge in [0.1, 0.15) is 11.5 Å². The highest BCUT2D eigenvalue weighted by Crippen LogP contribution is 2.41. The molecule has 1 unspecified atom stereocenters. The molecule has 0 bridgehead atoms. The molecule has 9 heteroatoms. The van der Waals surface area contributed by atoms with Crippen LogP contribution in [-0.2, 0) is 11.4 Å². The number of hydrogen-bond acceptors (Lipinski definition) is 6. The predicted octanol–water partition coefficient (Wildman–Crippen LogP) is 1.38. The summed E-state index contributed by atoms with van der Waals surface area (Å²) in [6.07, 6.45) is 1.66. The number of carbonyl (C=O) groups excluding carboxylic acids is 1. The van der Waals surface area contributed by atoms with E-state index >= 15 is 4.39 Å².